The maximum absolute atomic E-state index is 4.52. The second-order valence-corrected chi connectivity index (χ2v) is 5.45. The molecule has 0 amide bonds. The number of nitrogens with one attached hydrogen (secondary N) is 1. The number of nitrogens with zero attached hydrogens (tertiary/aromatic N) is 4. The van der Waals surface area contributed by atoms with E-state index in [0.29, 0.717) is 11.9 Å². The van der Waals surface area contributed by atoms with Gasteiger partial charge in [0.15, 0.2) is 5.82 Å². The molecule has 102 valence electrons. The van der Waals surface area contributed by atoms with Gasteiger partial charge in [0.25, 0.3) is 0 Å². The first kappa shape index (κ1) is 13.7. The van der Waals surface area contributed by atoms with Crippen molar-refractivity contribution in [3.8, 4) is 10.7 Å². The van der Waals surface area contributed by atoms with Crippen molar-refractivity contribution >= 4 is 23.2 Å². The molecule has 5 nitrogen and oxygen atoms in total. The van der Waals surface area contributed by atoms with Gasteiger partial charge in [-0.1, -0.05) is 6.92 Å². The maximum Gasteiger partial charge on any atom is 0.230 e. The van der Waals surface area contributed by atoms with Crippen LogP contribution in [0, 0.1) is 6.92 Å². The highest BCUT2D eigenvalue weighted by Gasteiger charge is 2.12. The molecule has 0 saturated heterocycles. The molecule has 0 aliphatic carbocycles. The Kier molecular flexibility index (Phi) is 4.31. The molecule has 19 heavy (non-hydrogen) atoms. The van der Waals surface area contributed by atoms with Crippen LogP contribution in [0.3, 0.4) is 0 Å². The van der Waals surface area contributed by atoms with Crippen LogP contribution in [0.1, 0.15) is 18.9 Å². The van der Waals surface area contributed by atoms with E-state index in [0.717, 1.165) is 23.7 Å². The van der Waals surface area contributed by atoms with Gasteiger partial charge in [-0.2, -0.15) is 15.0 Å². The molecule has 1 N–H and O–H groups in total. The van der Waals surface area contributed by atoms with E-state index in [-0.39, 0.29) is 0 Å². The third-order valence-corrected chi connectivity index (χ3v) is 3.63. The molecule has 6 heteroatoms. The van der Waals surface area contributed by atoms with Crippen molar-refractivity contribution in [1.29, 1.82) is 0 Å². The van der Waals surface area contributed by atoms with Crippen LogP contribution in [-0.4, -0.2) is 35.6 Å². The van der Waals surface area contributed by atoms with Gasteiger partial charge in [0.2, 0.25) is 11.9 Å². The summed E-state index contributed by atoms with van der Waals surface area (Å²) in [7, 11) is 3.87. The van der Waals surface area contributed by atoms with Crippen molar-refractivity contribution in [2.45, 2.75) is 20.3 Å². The summed E-state index contributed by atoms with van der Waals surface area (Å²) in [5.74, 6) is 2.06. The summed E-state index contributed by atoms with van der Waals surface area (Å²) in [6.07, 6.45) is 1.04. The van der Waals surface area contributed by atoms with Crippen LogP contribution in [0.25, 0.3) is 10.7 Å². The summed E-state index contributed by atoms with van der Waals surface area (Å²) < 4.78 is 0. The number of thiophene rings is 1. The van der Waals surface area contributed by atoms with Crippen LogP contribution in [0.2, 0.25) is 0 Å². The quantitative estimate of drug-likeness (QED) is 0.910. The van der Waals surface area contributed by atoms with Crippen LogP contribution in [0.4, 0.5) is 11.9 Å². The van der Waals surface area contributed by atoms with Crippen molar-refractivity contribution in [3.05, 3.63) is 17.0 Å². The highest BCUT2D eigenvalue weighted by Crippen LogP contribution is 2.27. The Morgan fingerprint density at radius 2 is 2.05 bits per heavy atom. The summed E-state index contributed by atoms with van der Waals surface area (Å²) in [6, 6.07) is 2.08. The van der Waals surface area contributed by atoms with E-state index in [1.54, 1.807) is 11.3 Å². The van der Waals surface area contributed by atoms with Gasteiger partial charge in [0.05, 0.1) is 4.88 Å². The maximum atomic E-state index is 4.52. The minimum Gasteiger partial charge on any atom is -0.354 e. The lowest BCUT2D eigenvalue weighted by molar-refractivity contribution is 0.920. The molecule has 0 aliphatic rings. The molecule has 0 saturated carbocycles. The molecular formula is C13H19N5S. The van der Waals surface area contributed by atoms with E-state index in [1.165, 1.54) is 5.56 Å². The summed E-state index contributed by atoms with van der Waals surface area (Å²) in [6.45, 7) is 5.05. The Hall–Kier alpha value is -1.69. The summed E-state index contributed by atoms with van der Waals surface area (Å²) in [5, 5.41) is 5.29. The predicted molar refractivity (Wildman–Crippen MR) is 81.0 cm³/mol. The standard InChI is InChI=1S/C13H19N5S/c1-5-7-14-12-15-11(10-9(2)6-8-19-10)16-13(17-12)18(3)4/h6,8H,5,7H2,1-4H3,(H,14,15,16,17). The lowest BCUT2D eigenvalue weighted by Crippen LogP contribution is -2.16. The van der Waals surface area contributed by atoms with Crippen LogP contribution >= 0.6 is 11.3 Å². The monoisotopic (exact) mass is 277 g/mol. The fraction of sp³-hybridized carbons (Fsp3) is 0.462. The van der Waals surface area contributed by atoms with Gasteiger partial charge < -0.3 is 10.2 Å². The first-order valence-corrected chi connectivity index (χ1v) is 7.21. The van der Waals surface area contributed by atoms with Gasteiger partial charge in [-0.3, -0.25) is 0 Å². The van der Waals surface area contributed by atoms with Gasteiger partial charge >= 0.3 is 0 Å². The van der Waals surface area contributed by atoms with E-state index in [9.17, 15) is 0 Å². The number of hydrogen-bond acceptors (Lipinski definition) is 6. The largest absolute Gasteiger partial charge is 0.354 e. The number of aromatic nitrogens is 3. The Bertz CT molecular complexity index is 550. The number of anilines is 2. The van der Waals surface area contributed by atoms with Gasteiger partial charge in [-0.15, -0.1) is 11.3 Å². The zero-order chi connectivity index (χ0) is 13.8. The van der Waals surface area contributed by atoms with Crippen molar-refractivity contribution in [2.75, 3.05) is 30.9 Å². The summed E-state index contributed by atoms with van der Waals surface area (Å²) in [5.41, 5.74) is 1.20. The van der Waals surface area contributed by atoms with Crippen molar-refractivity contribution < 1.29 is 0 Å². The lowest BCUT2D eigenvalue weighted by Gasteiger charge is -2.13. The van der Waals surface area contributed by atoms with E-state index < -0.39 is 0 Å². The average Bonchev–Trinajstić information content (AvgIpc) is 2.82. The summed E-state index contributed by atoms with van der Waals surface area (Å²) >= 11 is 1.66. The summed E-state index contributed by atoms with van der Waals surface area (Å²) in [4.78, 5) is 16.4. The van der Waals surface area contributed by atoms with Crippen molar-refractivity contribution in [3.63, 3.8) is 0 Å². The van der Waals surface area contributed by atoms with Crippen LogP contribution in [0.5, 0.6) is 0 Å². The van der Waals surface area contributed by atoms with E-state index in [2.05, 4.69) is 45.6 Å². The Morgan fingerprint density at radius 1 is 1.26 bits per heavy atom. The van der Waals surface area contributed by atoms with Crippen LogP contribution < -0.4 is 10.2 Å². The fourth-order valence-electron chi connectivity index (χ4n) is 1.58. The minimum atomic E-state index is 0.642. The third-order valence-electron chi connectivity index (χ3n) is 2.62. The second kappa shape index (κ2) is 5.97. The normalized spacial score (nSPS) is 10.5. The predicted octanol–water partition coefficient (Wildman–Crippen LogP) is 2.80. The topological polar surface area (TPSA) is 53.9 Å². The fourth-order valence-corrected chi connectivity index (χ4v) is 2.44. The third kappa shape index (κ3) is 3.20. The Labute approximate surface area is 117 Å². The Morgan fingerprint density at radius 3 is 2.63 bits per heavy atom. The van der Waals surface area contributed by atoms with Gasteiger partial charge in [-0.05, 0) is 30.4 Å². The van der Waals surface area contributed by atoms with Gasteiger partial charge in [0, 0.05) is 20.6 Å². The molecule has 0 fully saturated rings. The molecule has 0 bridgehead atoms. The zero-order valence-electron chi connectivity index (χ0n) is 11.8. The van der Waals surface area contributed by atoms with E-state index >= 15 is 0 Å². The second-order valence-electron chi connectivity index (χ2n) is 4.54. The average molecular weight is 277 g/mol. The lowest BCUT2D eigenvalue weighted by atomic mass is 10.3. The zero-order valence-corrected chi connectivity index (χ0v) is 12.6. The molecular weight excluding hydrogens is 258 g/mol. The number of aryl methyl sites for hydroxylation is 1. The smallest absolute Gasteiger partial charge is 0.230 e. The molecule has 2 aromatic heterocycles. The first-order chi connectivity index (χ1) is 9.11. The van der Waals surface area contributed by atoms with Crippen molar-refractivity contribution in [1.82, 2.24) is 15.0 Å². The molecule has 0 unspecified atom stereocenters. The Balaban J connectivity index is 2.42. The van der Waals surface area contributed by atoms with Gasteiger partial charge in [-0.25, -0.2) is 0 Å². The molecule has 0 aromatic carbocycles. The molecule has 0 radical (unpaired) electrons. The highest BCUT2D eigenvalue weighted by molar-refractivity contribution is 7.13. The number of rotatable bonds is 5. The van der Waals surface area contributed by atoms with Crippen LogP contribution in [0.15, 0.2) is 11.4 Å². The highest BCUT2D eigenvalue weighted by atomic mass is 32.1. The van der Waals surface area contributed by atoms with Crippen LogP contribution in [-0.2, 0) is 0 Å². The SMILES string of the molecule is CCCNc1nc(-c2sccc2C)nc(N(C)C)n1. The molecule has 0 spiro atoms. The molecule has 2 aromatic rings. The van der Waals surface area contributed by atoms with E-state index in [1.807, 2.05) is 19.0 Å². The number of hydrogen-bond donors (Lipinski definition) is 1. The van der Waals surface area contributed by atoms with Crippen molar-refractivity contribution in [2.24, 2.45) is 0 Å². The first-order valence-electron chi connectivity index (χ1n) is 6.33. The molecule has 2 heterocycles. The molecule has 2 rings (SSSR count). The van der Waals surface area contributed by atoms with E-state index in [4.69, 9.17) is 0 Å². The molecule has 0 atom stereocenters. The minimum absolute atomic E-state index is 0.642. The van der Waals surface area contributed by atoms with Gasteiger partial charge in [0.1, 0.15) is 0 Å². The molecule has 0 aliphatic heterocycles.